The maximum atomic E-state index is 3.98. The van der Waals surface area contributed by atoms with E-state index in [1.54, 1.807) is 0 Å². The van der Waals surface area contributed by atoms with Crippen molar-refractivity contribution in [2.24, 2.45) is 0 Å². The van der Waals surface area contributed by atoms with E-state index in [0.29, 0.717) is 6.04 Å². The fourth-order valence-electron chi connectivity index (χ4n) is 0.708. The minimum Gasteiger partial charge on any atom is -0.264 e. The Morgan fingerprint density at radius 3 is 2.25 bits per heavy atom. The van der Waals surface area contributed by atoms with E-state index in [2.05, 4.69) is 31.4 Å². The summed E-state index contributed by atoms with van der Waals surface area (Å²) in [6.45, 7) is 4.36. The van der Waals surface area contributed by atoms with E-state index >= 15 is 0 Å². The smallest absolute Gasteiger partial charge is 0.0166 e. The van der Waals surface area contributed by atoms with Crippen LogP contribution in [0.15, 0.2) is 0 Å². The van der Waals surface area contributed by atoms with E-state index in [9.17, 15) is 0 Å². The molecule has 0 aromatic carbocycles. The molecule has 1 unspecified atom stereocenters. The first-order valence-electron chi connectivity index (χ1n) is 3.24. The first-order valence-corrected chi connectivity index (χ1v) is 3.69. The second-order valence-corrected chi connectivity index (χ2v) is 2.28. The third-order valence-electron chi connectivity index (χ3n) is 1.31. The van der Waals surface area contributed by atoms with Crippen molar-refractivity contribution in [3.8, 4) is 0 Å². The summed E-state index contributed by atoms with van der Waals surface area (Å²) < 4.78 is 2.95. The minimum absolute atomic E-state index is 0.614. The number of nitrogens with one attached hydrogen (secondary N) is 1. The van der Waals surface area contributed by atoms with Crippen LogP contribution in [0.5, 0.6) is 0 Å². The van der Waals surface area contributed by atoms with Gasteiger partial charge in [-0.1, -0.05) is 33.1 Å². The zero-order valence-corrected chi connectivity index (χ0v) is 6.54. The lowest BCUT2D eigenvalue weighted by molar-refractivity contribution is 0.557. The molecule has 0 saturated carbocycles. The van der Waals surface area contributed by atoms with Gasteiger partial charge in [-0.2, -0.15) is 0 Å². The normalized spacial score (nSPS) is 13.9. The Hall–Kier alpha value is 0.310. The fraction of sp³-hybridized carbons (Fsp3) is 1.00. The van der Waals surface area contributed by atoms with E-state index in [1.165, 1.54) is 19.3 Å². The van der Waals surface area contributed by atoms with Crippen molar-refractivity contribution in [1.29, 1.82) is 0 Å². The summed E-state index contributed by atoms with van der Waals surface area (Å²) in [7, 11) is 0. The largest absolute Gasteiger partial charge is 0.264 e. The van der Waals surface area contributed by atoms with Gasteiger partial charge in [0.2, 0.25) is 0 Å². The van der Waals surface area contributed by atoms with Crippen LogP contribution in [-0.4, -0.2) is 6.04 Å². The maximum absolute atomic E-state index is 3.98. The Morgan fingerprint density at radius 2 is 2.12 bits per heavy atom. The molecule has 0 saturated heterocycles. The van der Waals surface area contributed by atoms with Crippen molar-refractivity contribution < 1.29 is 0 Å². The number of rotatable bonds is 4. The second kappa shape index (κ2) is 5.45. The predicted octanol–water partition coefficient (Wildman–Crippen LogP) is 2.00. The highest BCUT2D eigenvalue weighted by Crippen LogP contribution is 2.00. The third kappa shape index (κ3) is 3.33. The van der Waals surface area contributed by atoms with E-state index in [-0.39, 0.29) is 0 Å². The SMILES string of the molecule is CCCC(CC)NS. The lowest BCUT2D eigenvalue weighted by atomic mass is 10.1. The Bertz CT molecular complexity index is 43.8. The Balaban J connectivity index is 3.07. The van der Waals surface area contributed by atoms with Crippen LogP contribution in [0.2, 0.25) is 0 Å². The van der Waals surface area contributed by atoms with Gasteiger partial charge < -0.3 is 0 Å². The molecule has 0 radical (unpaired) electrons. The predicted molar refractivity (Wildman–Crippen MR) is 41.1 cm³/mol. The Kier molecular flexibility index (Phi) is 5.66. The highest BCUT2D eigenvalue weighted by atomic mass is 32.1. The molecule has 0 aliphatic carbocycles. The van der Waals surface area contributed by atoms with Crippen LogP contribution in [0, 0.1) is 0 Å². The molecular formula is C6H15NS. The van der Waals surface area contributed by atoms with Gasteiger partial charge in [-0.25, -0.2) is 0 Å². The molecule has 1 atom stereocenters. The van der Waals surface area contributed by atoms with Gasteiger partial charge in [0.05, 0.1) is 0 Å². The van der Waals surface area contributed by atoms with Crippen LogP contribution >= 0.6 is 12.8 Å². The fourth-order valence-corrected chi connectivity index (χ4v) is 1.02. The molecule has 2 heteroatoms. The van der Waals surface area contributed by atoms with Crippen LogP contribution < -0.4 is 4.72 Å². The summed E-state index contributed by atoms with van der Waals surface area (Å²) in [6, 6.07) is 0.614. The van der Waals surface area contributed by atoms with Crippen molar-refractivity contribution in [3.63, 3.8) is 0 Å². The van der Waals surface area contributed by atoms with Crippen molar-refractivity contribution >= 4 is 12.8 Å². The van der Waals surface area contributed by atoms with Crippen molar-refractivity contribution in [2.45, 2.75) is 39.2 Å². The molecule has 1 nitrogen and oxygen atoms in total. The maximum Gasteiger partial charge on any atom is 0.0166 e. The Morgan fingerprint density at radius 1 is 1.50 bits per heavy atom. The van der Waals surface area contributed by atoms with Crippen LogP contribution in [0.1, 0.15) is 33.1 Å². The quantitative estimate of drug-likeness (QED) is 0.559. The standard InChI is InChI=1S/C6H15NS/c1-3-5-6(4-2)7-8/h6-8H,3-5H2,1-2H3. The van der Waals surface area contributed by atoms with Crippen molar-refractivity contribution in [1.82, 2.24) is 4.72 Å². The molecule has 0 bridgehead atoms. The summed E-state index contributed by atoms with van der Waals surface area (Å²) >= 11 is 3.98. The monoisotopic (exact) mass is 133 g/mol. The molecule has 0 rings (SSSR count). The molecule has 0 aromatic rings. The minimum atomic E-state index is 0.614. The molecule has 0 aromatic heterocycles. The van der Waals surface area contributed by atoms with Gasteiger partial charge in [0.25, 0.3) is 0 Å². The van der Waals surface area contributed by atoms with Gasteiger partial charge >= 0.3 is 0 Å². The van der Waals surface area contributed by atoms with Crippen molar-refractivity contribution in [2.75, 3.05) is 0 Å². The highest BCUT2D eigenvalue weighted by molar-refractivity contribution is 7.78. The van der Waals surface area contributed by atoms with Gasteiger partial charge in [-0.05, 0) is 12.8 Å². The molecule has 50 valence electrons. The van der Waals surface area contributed by atoms with E-state index in [0.717, 1.165) is 0 Å². The van der Waals surface area contributed by atoms with E-state index in [4.69, 9.17) is 0 Å². The molecular weight excluding hydrogens is 118 g/mol. The molecule has 1 N–H and O–H groups in total. The molecule has 0 fully saturated rings. The molecule has 0 aliphatic rings. The number of hydrogen-bond acceptors (Lipinski definition) is 2. The van der Waals surface area contributed by atoms with Crippen LogP contribution in [-0.2, 0) is 0 Å². The van der Waals surface area contributed by atoms with Crippen LogP contribution in [0.4, 0.5) is 0 Å². The molecule has 0 heterocycles. The van der Waals surface area contributed by atoms with Gasteiger partial charge in [-0.3, -0.25) is 4.72 Å². The van der Waals surface area contributed by atoms with Crippen LogP contribution in [0.3, 0.4) is 0 Å². The highest BCUT2D eigenvalue weighted by Gasteiger charge is 1.98. The average molecular weight is 133 g/mol. The van der Waals surface area contributed by atoms with Gasteiger partial charge in [0, 0.05) is 6.04 Å². The summed E-state index contributed by atoms with van der Waals surface area (Å²) in [4.78, 5) is 0. The average Bonchev–Trinajstić information content (AvgIpc) is 1.83. The van der Waals surface area contributed by atoms with Gasteiger partial charge in [0.15, 0.2) is 0 Å². The lowest BCUT2D eigenvalue weighted by Crippen LogP contribution is -2.18. The molecule has 0 spiro atoms. The van der Waals surface area contributed by atoms with Gasteiger partial charge in [0.1, 0.15) is 0 Å². The number of thiol groups is 1. The zero-order chi connectivity index (χ0) is 6.41. The number of hydrogen-bond donors (Lipinski definition) is 2. The van der Waals surface area contributed by atoms with E-state index in [1.807, 2.05) is 0 Å². The Labute approximate surface area is 57.4 Å². The summed E-state index contributed by atoms with van der Waals surface area (Å²) in [6.07, 6.45) is 3.66. The summed E-state index contributed by atoms with van der Waals surface area (Å²) in [5.74, 6) is 0. The van der Waals surface area contributed by atoms with Gasteiger partial charge in [-0.15, -0.1) is 0 Å². The molecule has 0 amide bonds. The topological polar surface area (TPSA) is 12.0 Å². The summed E-state index contributed by atoms with van der Waals surface area (Å²) in [5.41, 5.74) is 0. The second-order valence-electron chi connectivity index (χ2n) is 2.02. The first-order chi connectivity index (χ1) is 3.85. The first kappa shape index (κ1) is 8.31. The summed E-state index contributed by atoms with van der Waals surface area (Å²) in [5, 5.41) is 0. The van der Waals surface area contributed by atoms with Crippen molar-refractivity contribution in [3.05, 3.63) is 0 Å². The molecule has 8 heavy (non-hydrogen) atoms. The molecule has 0 aliphatic heterocycles. The lowest BCUT2D eigenvalue weighted by Gasteiger charge is -2.09. The zero-order valence-electron chi connectivity index (χ0n) is 5.65. The van der Waals surface area contributed by atoms with E-state index < -0.39 is 0 Å². The van der Waals surface area contributed by atoms with Crippen LogP contribution in [0.25, 0.3) is 0 Å². The third-order valence-corrected chi connectivity index (χ3v) is 1.68.